The largest absolute Gasteiger partial charge is 0.482 e. The number of carbonyl (C=O) groups excluding carboxylic acids is 2. The van der Waals surface area contributed by atoms with E-state index in [4.69, 9.17) is 9.47 Å². The molecule has 0 heterocycles. The van der Waals surface area contributed by atoms with Crippen molar-refractivity contribution >= 4 is 17.6 Å². The number of hydrogen-bond donors (Lipinski definition) is 1. The van der Waals surface area contributed by atoms with Crippen molar-refractivity contribution in [2.75, 3.05) is 18.5 Å². The Kier molecular flexibility index (Phi) is 5.74. The molecule has 120 valence electrons. The first kappa shape index (κ1) is 16.5. The summed E-state index contributed by atoms with van der Waals surface area (Å²) in [7, 11) is 0. The number of anilines is 1. The third-order valence-corrected chi connectivity index (χ3v) is 3.13. The van der Waals surface area contributed by atoms with Crippen LogP contribution in [0.2, 0.25) is 0 Å². The van der Waals surface area contributed by atoms with Gasteiger partial charge in [0.15, 0.2) is 13.2 Å². The second-order valence-corrected chi connectivity index (χ2v) is 5.13. The Hall–Kier alpha value is -2.82. The fourth-order valence-corrected chi connectivity index (χ4v) is 1.90. The minimum Gasteiger partial charge on any atom is -0.482 e. The standard InChI is InChI=1S/C18H19NO4/c1-13-8-9-14(2)16(10-13)19-17(20)11-23-18(21)12-22-15-6-4-3-5-7-15/h3-10H,11-12H2,1-2H3,(H,19,20). The van der Waals surface area contributed by atoms with Crippen LogP contribution >= 0.6 is 0 Å². The molecule has 0 aliphatic rings. The third-order valence-electron chi connectivity index (χ3n) is 3.13. The van der Waals surface area contributed by atoms with E-state index < -0.39 is 5.97 Å². The Bertz CT molecular complexity index is 683. The summed E-state index contributed by atoms with van der Waals surface area (Å²) in [6.07, 6.45) is 0. The number of carbonyl (C=O) groups is 2. The Morgan fingerprint density at radius 3 is 2.48 bits per heavy atom. The molecule has 5 heteroatoms. The molecule has 0 bridgehead atoms. The average molecular weight is 313 g/mol. The number of ether oxygens (including phenoxy) is 2. The molecule has 0 saturated heterocycles. The lowest BCUT2D eigenvalue weighted by atomic mass is 10.1. The number of hydrogen-bond acceptors (Lipinski definition) is 4. The molecule has 0 unspecified atom stereocenters. The predicted octanol–water partition coefficient (Wildman–Crippen LogP) is 2.86. The highest BCUT2D eigenvalue weighted by Crippen LogP contribution is 2.16. The van der Waals surface area contributed by atoms with Gasteiger partial charge in [0.25, 0.3) is 5.91 Å². The third kappa shape index (κ3) is 5.47. The molecule has 0 radical (unpaired) electrons. The van der Waals surface area contributed by atoms with E-state index in [9.17, 15) is 9.59 Å². The summed E-state index contributed by atoms with van der Waals surface area (Å²) < 4.78 is 10.1. The Morgan fingerprint density at radius 1 is 1.00 bits per heavy atom. The van der Waals surface area contributed by atoms with Crippen molar-refractivity contribution in [1.29, 1.82) is 0 Å². The van der Waals surface area contributed by atoms with Crippen molar-refractivity contribution in [3.63, 3.8) is 0 Å². The number of amides is 1. The minimum atomic E-state index is -0.593. The molecule has 0 atom stereocenters. The van der Waals surface area contributed by atoms with Crippen LogP contribution in [0.25, 0.3) is 0 Å². The van der Waals surface area contributed by atoms with E-state index in [1.54, 1.807) is 24.3 Å². The monoisotopic (exact) mass is 313 g/mol. The van der Waals surface area contributed by atoms with E-state index in [0.29, 0.717) is 11.4 Å². The molecule has 2 rings (SSSR count). The molecule has 2 aromatic rings. The summed E-state index contributed by atoms with van der Waals surface area (Å²) in [6.45, 7) is 3.26. The van der Waals surface area contributed by atoms with Gasteiger partial charge in [0.05, 0.1) is 0 Å². The molecule has 1 amide bonds. The van der Waals surface area contributed by atoms with Gasteiger partial charge in [-0.25, -0.2) is 4.79 Å². The highest BCUT2D eigenvalue weighted by Gasteiger charge is 2.10. The maximum atomic E-state index is 11.8. The number of aryl methyl sites for hydroxylation is 2. The van der Waals surface area contributed by atoms with Gasteiger partial charge in [0.1, 0.15) is 5.75 Å². The molecular weight excluding hydrogens is 294 g/mol. The SMILES string of the molecule is Cc1ccc(C)c(NC(=O)COC(=O)COc2ccccc2)c1. The summed E-state index contributed by atoms with van der Waals surface area (Å²) >= 11 is 0. The molecule has 1 N–H and O–H groups in total. The first-order chi connectivity index (χ1) is 11.0. The lowest BCUT2D eigenvalue weighted by molar-refractivity contribution is -0.149. The summed E-state index contributed by atoms with van der Waals surface area (Å²) in [5, 5.41) is 2.72. The highest BCUT2D eigenvalue weighted by molar-refractivity contribution is 5.93. The van der Waals surface area contributed by atoms with Crippen molar-refractivity contribution < 1.29 is 19.1 Å². The quantitative estimate of drug-likeness (QED) is 0.833. The van der Waals surface area contributed by atoms with Crippen LogP contribution in [-0.2, 0) is 14.3 Å². The summed E-state index contributed by atoms with van der Waals surface area (Å²) in [4.78, 5) is 23.4. The Balaban J connectivity index is 1.75. The van der Waals surface area contributed by atoms with Crippen molar-refractivity contribution in [1.82, 2.24) is 0 Å². The van der Waals surface area contributed by atoms with E-state index in [1.807, 2.05) is 38.1 Å². The zero-order valence-corrected chi connectivity index (χ0v) is 13.2. The molecule has 0 aliphatic carbocycles. The van der Waals surface area contributed by atoms with Crippen molar-refractivity contribution in [3.8, 4) is 5.75 Å². The number of para-hydroxylation sites is 1. The Morgan fingerprint density at radius 2 is 1.74 bits per heavy atom. The molecular formula is C18H19NO4. The lowest BCUT2D eigenvalue weighted by Gasteiger charge is -2.10. The summed E-state index contributed by atoms with van der Waals surface area (Å²) in [5.41, 5.74) is 2.70. The van der Waals surface area contributed by atoms with Gasteiger partial charge >= 0.3 is 5.97 Å². The first-order valence-electron chi connectivity index (χ1n) is 7.25. The molecule has 23 heavy (non-hydrogen) atoms. The van der Waals surface area contributed by atoms with Gasteiger partial charge in [0.2, 0.25) is 0 Å². The molecule has 0 aliphatic heterocycles. The van der Waals surface area contributed by atoms with Crippen LogP contribution in [0.1, 0.15) is 11.1 Å². The number of nitrogens with one attached hydrogen (secondary N) is 1. The van der Waals surface area contributed by atoms with Crippen molar-refractivity contribution in [2.45, 2.75) is 13.8 Å². The second-order valence-electron chi connectivity index (χ2n) is 5.13. The first-order valence-corrected chi connectivity index (χ1v) is 7.25. The van der Waals surface area contributed by atoms with Crippen LogP contribution in [0.15, 0.2) is 48.5 Å². The second kappa shape index (κ2) is 7.98. The molecule has 0 fully saturated rings. The zero-order valence-electron chi connectivity index (χ0n) is 13.2. The summed E-state index contributed by atoms with van der Waals surface area (Å²) in [5.74, 6) is -0.402. The number of rotatable bonds is 6. The van der Waals surface area contributed by atoms with Crippen LogP contribution in [0.5, 0.6) is 5.75 Å². The van der Waals surface area contributed by atoms with Gasteiger partial charge in [0, 0.05) is 5.69 Å². The van der Waals surface area contributed by atoms with Crippen molar-refractivity contribution in [2.24, 2.45) is 0 Å². The van der Waals surface area contributed by atoms with Gasteiger partial charge in [-0.15, -0.1) is 0 Å². The maximum absolute atomic E-state index is 11.8. The topological polar surface area (TPSA) is 64.6 Å². The van der Waals surface area contributed by atoms with Crippen LogP contribution in [0.3, 0.4) is 0 Å². The number of benzene rings is 2. The fourth-order valence-electron chi connectivity index (χ4n) is 1.90. The van der Waals surface area contributed by atoms with Crippen LogP contribution in [-0.4, -0.2) is 25.1 Å². The molecule has 0 aromatic heterocycles. The van der Waals surface area contributed by atoms with Gasteiger partial charge in [-0.05, 0) is 43.2 Å². The lowest BCUT2D eigenvalue weighted by Crippen LogP contribution is -2.24. The van der Waals surface area contributed by atoms with Gasteiger partial charge in [-0.3, -0.25) is 4.79 Å². The van der Waals surface area contributed by atoms with Crippen molar-refractivity contribution in [3.05, 3.63) is 59.7 Å². The van der Waals surface area contributed by atoms with E-state index >= 15 is 0 Å². The minimum absolute atomic E-state index is 0.235. The summed E-state index contributed by atoms with van der Waals surface area (Å²) in [6, 6.07) is 14.7. The highest BCUT2D eigenvalue weighted by atomic mass is 16.6. The van der Waals surface area contributed by atoms with E-state index in [1.165, 1.54) is 0 Å². The maximum Gasteiger partial charge on any atom is 0.344 e. The molecule has 0 saturated carbocycles. The molecule has 5 nitrogen and oxygen atoms in total. The van der Waals surface area contributed by atoms with Crippen LogP contribution in [0.4, 0.5) is 5.69 Å². The van der Waals surface area contributed by atoms with E-state index in [0.717, 1.165) is 11.1 Å². The fraction of sp³-hybridized carbons (Fsp3) is 0.222. The molecule has 2 aromatic carbocycles. The zero-order chi connectivity index (χ0) is 16.7. The van der Waals surface area contributed by atoms with Crippen LogP contribution < -0.4 is 10.1 Å². The van der Waals surface area contributed by atoms with Gasteiger partial charge in [-0.1, -0.05) is 30.3 Å². The normalized spacial score (nSPS) is 10.0. The van der Waals surface area contributed by atoms with Crippen LogP contribution in [0, 0.1) is 13.8 Å². The molecule has 0 spiro atoms. The smallest absolute Gasteiger partial charge is 0.344 e. The Labute approximate surface area is 135 Å². The van der Waals surface area contributed by atoms with Gasteiger partial charge < -0.3 is 14.8 Å². The average Bonchev–Trinajstić information content (AvgIpc) is 2.55. The van der Waals surface area contributed by atoms with E-state index in [2.05, 4.69) is 5.32 Å². The predicted molar refractivity (Wildman–Crippen MR) is 87.4 cm³/mol. The number of esters is 1. The van der Waals surface area contributed by atoms with E-state index in [-0.39, 0.29) is 19.1 Å². The van der Waals surface area contributed by atoms with Gasteiger partial charge in [-0.2, -0.15) is 0 Å².